The number of rotatable bonds is 1. The van der Waals surface area contributed by atoms with Crippen LogP contribution < -0.4 is 5.73 Å². The van der Waals surface area contributed by atoms with Crippen molar-refractivity contribution in [2.24, 2.45) is 5.73 Å². The van der Waals surface area contributed by atoms with Gasteiger partial charge in [-0.3, -0.25) is 9.97 Å². The SMILES string of the molecule is Cc1cnc(C2(N)CCCCC2)cn1. The molecule has 1 heterocycles. The Hall–Kier alpha value is -0.960. The second-order valence-electron chi connectivity index (χ2n) is 4.26. The minimum atomic E-state index is -0.209. The molecule has 1 fully saturated rings. The molecular formula is C11H17N3. The average molecular weight is 191 g/mol. The van der Waals surface area contributed by atoms with Gasteiger partial charge < -0.3 is 5.73 Å². The maximum Gasteiger partial charge on any atom is 0.0785 e. The Labute approximate surface area is 84.8 Å². The molecule has 1 saturated carbocycles. The second kappa shape index (κ2) is 3.65. The summed E-state index contributed by atoms with van der Waals surface area (Å²) >= 11 is 0. The molecule has 0 aromatic carbocycles. The molecule has 1 aliphatic rings. The van der Waals surface area contributed by atoms with Crippen molar-refractivity contribution in [3.8, 4) is 0 Å². The minimum absolute atomic E-state index is 0.209. The highest BCUT2D eigenvalue weighted by atomic mass is 14.9. The van der Waals surface area contributed by atoms with E-state index in [0.717, 1.165) is 24.2 Å². The standard InChI is InChI=1S/C11H17N3/c1-9-7-14-10(8-13-9)11(12)5-3-2-4-6-11/h7-8H,2-6,12H2,1H3. The first-order chi connectivity index (χ1) is 6.71. The average Bonchev–Trinajstić information content (AvgIpc) is 2.19. The molecule has 1 aromatic rings. The highest BCUT2D eigenvalue weighted by Crippen LogP contribution is 2.33. The maximum atomic E-state index is 6.33. The van der Waals surface area contributed by atoms with Crippen LogP contribution >= 0.6 is 0 Å². The molecule has 0 bridgehead atoms. The minimum Gasteiger partial charge on any atom is -0.320 e. The molecule has 0 saturated heterocycles. The number of aromatic nitrogens is 2. The van der Waals surface area contributed by atoms with E-state index >= 15 is 0 Å². The molecule has 14 heavy (non-hydrogen) atoms. The van der Waals surface area contributed by atoms with Crippen LogP contribution in [0.25, 0.3) is 0 Å². The van der Waals surface area contributed by atoms with Gasteiger partial charge in [0.05, 0.1) is 23.1 Å². The Bertz CT molecular complexity index is 299. The predicted octanol–water partition coefficient (Wildman–Crippen LogP) is 1.90. The third-order valence-corrected chi connectivity index (χ3v) is 3.04. The zero-order valence-corrected chi connectivity index (χ0v) is 8.66. The topological polar surface area (TPSA) is 51.8 Å². The van der Waals surface area contributed by atoms with Crippen molar-refractivity contribution >= 4 is 0 Å². The van der Waals surface area contributed by atoms with Gasteiger partial charge in [-0.1, -0.05) is 19.3 Å². The van der Waals surface area contributed by atoms with Crippen molar-refractivity contribution in [1.82, 2.24) is 9.97 Å². The van der Waals surface area contributed by atoms with E-state index in [1.54, 1.807) is 6.20 Å². The van der Waals surface area contributed by atoms with Gasteiger partial charge in [-0.05, 0) is 19.8 Å². The molecule has 1 aliphatic carbocycles. The summed E-state index contributed by atoms with van der Waals surface area (Å²) in [4.78, 5) is 8.64. The van der Waals surface area contributed by atoms with E-state index in [1.807, 2.05) is 13.1 Å². The highest BCUT2D eigenvalue weighted by Gasteiger charge is 2.30. The molecule has 0 spiro atoms. The first-order valence-electron chi connectivity index (χ1n) is 5.29. The van der Waals surface area contributed by atoms with Gasteiger partial charge in [0.15, 0.2) is 0 Å². The summed E-state index contributed by atoms with van der Waals surface area (Å²) in [6.07, 6.45) is 9.46. The fraction of sp³-hybridized carbons (Fsp3) is 0.636. The van der Waals surface area contributed by atoms with Gasteiger partial charge in [-0.15, -0.1) is 0 Å². The molecule has 0 radical (unpaired) electrons. The largest absolute Gasteiger partial charge is 0.320 e. The van der Waals surface area contributed by atoms with Crippen molar-refractivity contribution in [1.29, 1.82) is 0 Å². The Morgan fingerprint density at radius 3 is 2.43 bits per heavy atom. The third-order valence-electron chi connectivity index (χ3n) is 3.04. The Balaban J connectivity index is 2.23. The molecule has 3 nitrogen and oxygen atoms in total. The van der Waals surface area contributed by atoms with Gasteiger partial charge in [-0.25, -0.2) is 0 Å². The Morgan fingerprint density at radius 2 is 1.86 bits per heavy atom. The van der Waals surface area contributed by atoms with Crippen molar-refractivity contribution in [3.05, 3.63) is 23.8 Å². The first kappa shape index (κ1) is 9.59. The summed E-state index contributed by atoms with van der Waals surface area (Å²) in [5, 5.41) is 0. The zero-order valence-electron chi connectivity index (χ0n) is 8.66. The Morgan fingerprint density at radius 1 is 1.14 bits per heavy atom. The summed E-state index contributed by atoms with van der Waals surface area (Å²) in [5.41, 5.74) is 8.03. The molecular weight excluding hydrogens is 174 g/mol. The molecule has 0 aliphatic heterocycles. The maximum absolute atomic E-state index is 6.33. The van der Waals surface area contributed by atoms with Gasteiger partial charge >= 0.3 is 0 Å². The molecule has 0 unspecified atom stereocenters. The second-order valence-corrected chi connectivity index (χ2v) is 4.26. The van der Waals surface area contributed by atoms with E-state index in [9.17, 15) is 0 Å². The molecule has 0 amide bonds. The van der Waals surface area contributed by atoms with Gasteiger partial charge in [0.2, 0.25) is 0 Å². The van der Waals surface area contributed by atoms with Gasteiger partial charge in [0, 0.05) is 6.20 Å². The van der Waals surface area contributed by atoms with Crippen LogP contribution in [0.4, 0.5) is 0 Å². The lowest BCUT2D eigenvalue weighted by atomic mass is 9.80. The molecule has 1 aromatic heterocycles. The monoisotopic (exact) mass is 191 g/mol. The van der Waals surface area contributed by atoms with E-state index in [0.29, 0.717) is 0 Å². The Kier molecular flexibility index (Phi) is 2.50. The van der Waals surface area contributed by atoms with Crippen LogP contribution in [0.1, 0.15) is 43.5 Å². The molecule has 76 valence electrons. The van der Waals surface area contributed by atoms with Crippen molar-refractivity contribution in [3.63, 3.8) is 0 Å². The van der Waals surface area contributed by atoms with E-state index in [1.165, 1.54) is 19.3 Å². The zero-order chi connectivity index (χ0) is 10.0. The highest BCUT2D eigenvalue weighted by molar-refractivity contribution is 5.13. The smallest absolute Gasteiger partial charge is 0.0785 e. The summed E-state index contributed by atoms with van der Waals surface area (Å²) in [7, 11) is 0. The summed E-state index contributed by atoms with van der Waals surface area (Å²) in [6, 6.07) is 0. The summed E-state index contributed by atoms with van der Waals surface area (Å²) < 4.78 is 0. The van der Waals surface area contributed by atoms with E-state index in [4.69, 9.17) is 5.73 Å². The van der Waals surface area contributed by atoms with Crippen molar-refractivity contribution in [2.75, 3.05) is 0 Å². The van der Waals surface area contributed by atoms with Crippen LogP contribution in [0.2, 0.25) is 0 Å². The fourth-order valence-corrected chi connectivity index (χ4v) is 2.09. The number of nitrogens with two attached hydrogens (primary N) is 1. The lowest BCUT2D eigenvalue weighted by molar-refractivity contribution is 0.294. The van der Waals surface area contributed by atoms with Crippen LogP contribution in [-0.4, -0.2) is 9.97 Å². The quantitative estimate of drug-likeness (QED) is 0.737. The predicted molar refractivity (Wildman–Crippen MR) is 55.7 cm³/mol. The van der Waals surface area contributed by atoms with Crippen molar-refractivity contribution < 1.29 is 0 Å². The van der Waals surface area contributed by atoms with Crippen LogP contribution in [0, 0.1) is 6.92 Å². The molecule has 3 heteroatoms. The van der Waals surface area contributed by atoms with Crippen LogP contribution in [0.5, 0.6) is 0 Å². The lowest BCUT2D eigenvalue weighted by Crippen LogP contribution is -2.39. The first-order valence-corrected chi connectivity index (χ1v) is 5.29. The van der Waals surface area contributed by atoms with Crippen LogP contribution in [0.15, 0.2) is 12.4 Å². The normalized spacial score (nSPS) is 20.7. The molecule has 2 N–H and O–H groups in total. The van der Waals surface area contributed by atoms with Crippen LogP contribution in [-0.2, 0) is 5.54 Å². The van der Waals surface area contributed by atoms with E-state index in [2.05, 4.69) is 9.97 Å². The van der Waals surface area contributed by atoms with Crippen LogP contribution in [0.3, 0.4) is 0 Å². The fourth-order valence-electron chi connectivity index (χ4n) is 2.09. The number of nitrogens with zero attached hydrogens (tertiary/aromatic N) is 2. The van der Waals surface area contributed by atoms with E-state index < -0.39 is 0 Å². The van der Waals surface area contributed by atoms with E-state index in [-0.39, 0.29) is 5.54 Å². The number of aryl methyl sites for hydroxylation is 1. The van der Waals surface area contributed by atoms with Crippen molar-refractivity contribution in [2.45, 2.75) is 44.6 Å². The van der Waals surface area contributed by atoms with Gasteiger partial charge in [0.25, 0.3) is 0 Å². The number of hydrogen-bond donors (Lipinski definition) is 1. The van der Waals surface area contributed by atoms with Gasteiger partial charge in [0.1, 0.15) is 0 Å². The number of hydrogen-bond acceptors (Lipinski definition) is 3. The summed E-state index contributed by atoms with van der Waals surface area (Å²) in [5.74, 6) is 0. The van der Waals surface area contributed by atoms with Gasteiger partial charge in [-0.2, -0.15) is 0 Å². The summed E-state index contributed by atoms with van der Waals surface area (Å²) in [6.45, 7) is 1.95. The lowest BCUT2D eigenvalue weighted by Gasteiger charge is -2.32. The third kappa shape index (κ3) is 1.77. The molecule has 0 atom stereocenters. The molecule has 2 rings (SSSR count).